The Balaban J connectivity index is 3.29. The molecule has 0 aliphatic heterocycles. The lowest BCUT2D eigenvalue weighted by Gasteiger charge is -2.11. The van der Waals surface area contributed by atoms with E-state index in [2.05, 4.69) is 0 Å². The Morgan fingerprint density at radius 1 is 1.29 bits per heavy atom. The fourth-order valence-electron chi connectivity index (χ4n) is 0.999. The Bertz CT molecular complexity index is 437. The first-order valence-electron chi connectivity index (χ1n) is 4.08. The number of rotatable bonds is 2. The van der Waals surface area contributed by atoms with E-state index in [1.165, 1.54) is 32.3 Å². The maximum Gasteiger partial charge on any atom is 0.242 e. The van der Waals surface area contributed by atoms with Gasteiger partial charge < -0.3 is 5.11 Å². The summed E-state index contributed by atoms with van der Waals surface area (Å²) in [5, 5.41) is 9.24. The summed E-state index contributed by atoms with van der Waals surface area (Å²) >= 11 is 0. The number of aromatic hydroxyl groups is 1. The summed E-state index contributed by atoms with van der Waals surface area (Å²) in [7, 11) is -0.454. The summed E-state index contributed by atoms with van der Waals surface area (Å²) in [5.74, 6) is 0.0997. The fraction of sp³-hybridized carbons (Fsp3) is 0.333. The van der Waals surface area contributed by atoms with Gasteiger partial charge in [0.05, 0.1) is 4.90 Å². The van der Waals surface area contributed by atoms with E-state index in [4.69, 9.17) is 0 Å². The van der Waals surface area contributed by atoms with Gasteiger partial charge in [-0.05, 0) is 30.7 Å². The molecule has 1 aromatic carbocycles. The smallest absolute Gasteiger partial charge is 0.242 e. The highest BCUT2D eigenvalue weighted by molar-refractivity contribution is 7.89. The van der Waals surface area contributed by atoms with Crippen LogP contribution in [-0.2, 0) is 10.0 Å². The SMILES string of the molecule is Cc1cc(S(=O)(=O)N(C)C)ccc1O. The molecule has 0 aliphatic carbocycles. The maximum atomic E-state index is 11.6. The van der Waals surface area contributed by atoms with E-state index in [1.54, 1.807) is 6.92 Å². The summed E-state index contributed by atoms with van der Waals surface area (Å²) < 4.78 is 24.4. The third-order valence-electron chi connectivity index (χ3n) is 1.95. The number of phenols is 1. The zero-order valence-electron chi connectivity index (χ0n) is 8.35. The van der Waals surface area contributed by atoms with Crippen molar-refractivity contribution in [3.8, 4) is 5.75 Å². The molecular formula is C9H13NO3S. The molecule has 0 aromatic heterocycles. The molecule has 1 aromatic rings. The molecule has 0 amide bonds. The van der Waals surface area contributed by atoms with Crippen molar-refractivity contribution in [2.75, 3.05) is 14.1 Å². The van der Waals surface area contributed by atoms with Crippen molar-refractivity contribution in [2.24, 2.45) is 0 Å². The van der Waals surface area contributed by atoms with Crippen molar-refractivity contribution in [1.29, 1.82) is 0 Å². The summed E-state index contributed by atoms with van der Waals surface area (Å²) in [6, 6.07) is 4.22. The molecule has 1 N–H and O–H groups in total. The summed E-state index contributed by atoms with van der Waals surface area (Å²) in [6.07, 6.45) is 0. The number of aryl methyl sites for hydroxylation is 1. The minimum atomic E-state index is -3.39. The Kier molecular flexibility index (Phi) is 2.82. The fourth-order valence-corrected chi connectivity index (χ4v) is 1.99. The van der Waals surface area contributed by atoms with Crippen molar-refractivity contribution >= 4 is 10.0 Å². The number of phenolic OH excluding ortho intramolecular Hbond substituents is 1. The molecule has 78 valence electrons. The lowest BCUT2D eigenvalue weighted by atomic mass is 10.2. The highest BCUT2D eigenvalue weighted by atomic mass is 32.2. The van der Waals surface area contributed by atoms with Crippen molar-refractivity contribution in [1.82, 2.24) is 4.31 Å². The third-order valence-corrected chi connectivity index (χ3v) is 3.76. The second kappa shape index (κ2) is 3.59. The minimum Gasteiger partial charge on any atom is -0.508 e. The van der Waals surface area contributed by atoms with E-state index in [9.17, 15) is 13.5 Å². The first kappa shape index (κ1) is 11.0. The van der Waals surface area contributed by atoms with Gasteiger partial charge in [-0.3, -0.25) is 0 Å². The number of sulfonamides is 1. The van der Waals surface area contributed by atoms with Gasteiger partial charge in [-0.15, -0.1) is 0 Å². The van der Waals surface area contributed by atoms with Gasteiger partial charge in [0.2, 0.25) is 10.0 Å². The molecule has 0 saturated heterocycles. The van der Waals surface area contributed by atoms with Gasteiger partial charge in [0, 0.05) is 14.1 Å². The highest BCUT2D eigenvalue weighted by Crippen LogP contribution is 2.21. The van der Waals surface area contributed by atoms with E-state index < -0.39 is 10.0 Å². The van der Waals surface area contributed by atoms with Gasteiger partial charge in [0.15, 0.2) is 0 Å². The quantitative estimate of drug-likeness (QED) is 0.799. The van der Waals surface area contributed by atoms with E-state index >= 15 is 0 Å². The standard InChI is InChI=1S/C9H13NO3S/c1-7-6-8(4-5-9(7)11)14(12,13)10(2)3/h4-6,11H,1-3H3. The number of hydrogen-bond donors (Lipinski definition) is 1. The van der Waals surface area contributed by atoms with Crippen LogP contribution in [0.5, 0.6) is 5.75 Å². The predicted molar refractivity (Wildman–Crippen MR) is 53.7 cm³/mol. The van der Waals surface area contributed by atoms with Crippen molar-refractivity contribution in [3.63, 3.8) is 0 Å². The van der Waals surface area contributed by atoms with E-state index in [0.717, 1.165) is 4.31 Å². The largest absolute Gasteiger partial charge is 0.508 e. The van der Waals surface area contributed by atoms with E-state index in [0.29, 0.717) is 5.56 Å². The lowest BCUT2D eigenvalue weighted by Crippen LogP contribution is -2.22. The van der Waals surface area contributed by atoms with Crippen LogP contribution in [0.1, 0.15) is 5.56 Å². The molecule has 4 nitrogen and oxygen atoms in total. The average molecular weight is 215 g/mol. The second-order valence-electron chi connectivity index (χ2n) is 3.24. The lowest BCUT2D eigenvalue weighted by molar-refractivity contribution is 0.470. The van der Waals surface area contributed by atoms with Crippen LogP contribution in [0.3, 0.4) is 0 Å². The molecule has 0 unspecified atom stereocenters. The molecule has 0 aliphatic rings. The monoisotopic (exact) mass is 215 g/mol. The number of benzene rings is 1. The molecule has 0 bridgehead atoms. The normalized spacial score (nSPS) is 12.0. The van der Waals surface area contributed by atoms with Crippen molar-refractivity contribution in [2.45, 2.75) is 11.8 Å². The first-order chi connectivity index (χ1) is 6.35. The molecule has 14 heavy (non-hydrogen) atoms. The Hall–Kier alpha value is -1.07. The predicted octanol–water partition coefficient (Wildman–Crippen LogP) is 0.951. The number of hydrogen-bond acceptors (Lipinski definition) is 3. The maximum absolute atomic E-state index is 11.6. The van der Waals surface area contributed by atoms with Gasteiger partial charge in [0.25, 0.3) is 0 Å². The van der Waals surface area contributed by atoms with Crippen LogP contribution in [0.15, 0.2) is 23.1 Å². The summed E-state index contributed by atoms with van der Waals surface area (Å²) in [4.78, 5) is 0.192. The third kappa shape index (κ3) is 1.88. The van der Waals surface area contributed by atoms with Crippen molar-refractivity contribution in [3.05, 3.63) is 23.8 Å². The van der Waals surface area contributed by atoms with Gasteiger partial charge in [-0.1, -0.05) is 0 Å². The van der Waals surface area contributed by atoms with Crippen molar-refractivity contribution < 1.29 is 13.5 Å². The number of nitrogens with zero attached hydrogens (tertiary/aromatic N) is 1. The zero-order chi connectivity index (χ0) is 10.9. The molecule has 5 heteroatoms. The molecule has 0 spiro atoms. The molecule has 0 atom stereocenters. The highest BCUT2D eigenvalue weighted by Gasteiger charge is 2.17. The summed E-state index contributed by atoms with van der Waals surface area (Å²) in [5.41, 5.74) is 0.549. The van der Waals surface area contributed by atoms with Gasteiger partial charge >= 0.3 is 0 Å². The molecule has 0 saturated carbocycles. The zero-order valence-corrected chi connectivity index (χ0v) is 9.17. The Morgan fingerprint density at radius 2 is 1.86 bits per heavy atom. The average Bonchev–Trinajstić information content (AvgIpc) is 2.09. The summed E-state index contributed by atoms with van der Waals surface area (Å²) in [6.45, 7) is 1.66. The molecule has 0 heterocycles. The Morgan fingerprint density at radius 3 is 2.29 bits per heavy atom. The Labute approximate surface area is 83.8 Å². The first-order valence-corrected chi connectivity index (χ1v) is 5.52. The molecule has 0 radical (unpaired) electrons. The second-order valence-corrected chi connectivity index (χ2v) is 5.39. The van der Waals surface area contributed by atoms with Gasteiger partial charge in [-0.25, -0.2) is 12.7 Å². The molecular weight excluding hydrogens is 202 g/mol. The topological polar surface area (TPSA) is 57.6 Å². The van der Waals surface area contributed by atoms with Gasteiger partial charge in [-0.2, -0.15) is 0 Å². The van der Waals surface area contributed by atoms with Crippen LogP contribution in [0.2, 0.25) is 0 Å². The van der Waals surface area contributed by atoms with Crippen LogP contribution in [0.4, 0.5) is 0 Å². The van der Waals surface area contributed by atoms with Crippen LogP contribution in [0, 0.1) is 6.92 Å². The van der Waals surface area contributed by atoms with Crippen LogP contribution >= 0.6 is 0 Å². The van der Waals surface area contributed by atoms with E-state index in [-0.39, 0.29) is 10.6 Å². The van der Waals surface area contributed by atoms with E-state index in [1.807, 2.05) is 0 Å². The molecule has 0 fully saturated rings. The van der Waals surface area contributed by atoms with Gasteiger partial charge in [0.1, 0.15) is 5.75 Å². The van der Waals surface area contributed by atoms with Crippen LogP contribution < -0.4 is 0 Å². The minimum absolute atomic E-state index is 0.0997. The molecule has 1 rings (SSSR count). The van der Waals surface area contributed by atoms with Crippen LogP contribution in [0.25, 0.3) is 0 Å². The van der Waals surface area contributed by atoms with Crippen LogP contribution in [-0.4, -0.2) is 31.9 Å².